The number of benzene rings is 1. The van der Waals surface area contributed by atoms with Crippen molar-refractivity contribution in [1.29, 1.82) is 0 Å². The van der Waals surface area contributed by atoms with Crippen LogP contribution in [0.3, 0.4) is 0 Å². The smallest absolute Gasteiger partial charge is 0.305 e. The zero-order valence-electron chi connectivity index (χ0n) is 12.9. The van der Waals surface area contributed by atoms with Gasteiger partial charge in [-0.15, -0.1) is 0 Å². The lowest BCUT2D eigenvalue weighted by atomic mass is 10.2. The highest BCUT2D eigenvalue weighted by Gasteiger charge is 2.06. The van der Waals surface area contributed by atoms with E-state index >= 15 is 0 Å². The van der Waals surface area contributed by atoms with Crippen molar-refractivity contribution in [2.45, 2.75) is 39.8 Å². The van der Waals surface area contributed by atoms with Crippen molar-refractivity contribution in [3.63, 3.8) is 0 Å². The maximum atomic E-state index is 11.2. The summed E-state index contributed by atoms with van der Waals surface area (Å²) < 4.78 is 7.18. The molecule has 1 heterocycles. The average Bonchev–Trinajstić information content (AvgIpc) is 2.85. The van der Waals surface area contributed by atoms with Crippen molar-refractivity contribution in [3.8, 4) is 0 Å². The van der Waals surface area contributed by atoms with Gasteiger partial charge >= 0.3 is 5.97 Å². The molecule has 1 aromatic carbocycles. The second-order valence-corrected chi connectivity index (χ2v) is 5.04. The number of para-hydroxylation sites is 1. The second kappa shape index (κ2) is 7.84. The molecule has 4 nitrogen and oxygen atoms in total. The van der Waals surface area contributed by atoms with Gasteiger partial charge in [0.1, 0.15) is 0 Å². The Morgan fingerprint density at radius 3 is 2.86 bits per heavy atom. The van der Waals surface area contributed by atoms with Crippen LogP contribution in [0.4, 0.5) is 0 Å². The predicted octanol–water partition coefficient (Wildman–Crippen LogP) is 3.09. The number of carbonyl (C=O) groups is 1. The van der Waals surface area contributed by atoms with Crippen molar-refractivity contribution in [1.82, 2.24) is 9.88 Å². The van der Waals surface area contributed by atoms with Crippen molar-refractivity contribution in [2.24, 2.45) is 0 Å². The van der Waals surface area contributed by atoms with Gasteiger partial charge in [-0.2, -0.15) is 0 Å². The highest BCUT2D eigenvalue weighted by atomic mass is 16.5. The third-order valence-corrected chi connectivity index (χ3v) is 3.57. The summed E-state index contributed by atoms with van der Waals surface area (Å²) in [7, 11) is 0. The largest absolute Gasteiger partial charge is 0.466 e. The van der Waals surface area contributed by atoms with Gasteiger partial charge in [-0.25, -0.2) is 0 Å². The van der Waals surface area contributed by atoms with Crippen LogP contribution in [-0.4, -0.2) is 23.7 Å². The maximum absolute atomic E-state index is 11.2. The number of carbonyl (C=O) groups excluding carboxylic acids is 1. The fraction of sp³-hybridized carbons (Fsp3) is 0.471. The summed E-state index contributed by atoms with van der Waals surface area (Å²) in [5, 5.41) is 4.71. The molecule has 0 aliphatic heterocycles. The molecule has 1 aromatic heterocycles. The van der Waals surface area contributed by atoms with Crippen LogP contribution < -0.4 is 5.32 Å². The van der Waals surface area contributed by atoms with Crippen molar-refractivity contribution < 1.29 is 9.53 Å². The number of esters is 1. The summed E-state index contributed by atoms with van der Waals surface area (Å²) in [5.74, 6) is -0.109. The van der Waals surface area contributed by atoms with E-state index in [0.717, 1.165) is 26.1 Å². The number of rotatable bonds is 8. The Hall–Kier alpha value is -1.81. The Bertz CT molecular complexity index is 589. The lowest BCUT2D eigenvalue weighted by molar-refractivity contribution is -0.143. The summed E-state index contributed by atoms with van der Waals surface area (Å²) in [6.07, 6.45) is 3.51. The van der Waals surface area contributed by atoms with E-state index in [4.69, 9.17) is 4.74 Å². The Morgan fingerprint density at radius 2 is 2.10 bits per heavy atom. The molecular weight excluding hydrogens is 264 g/mol. The van der Waals surface area contributed by atoms with E-state index in [1.807, 2.05) is 6.92 Å². The lowest BCUT2D eigenvalue weighted by Gasteiger charge is -2.04. The van der Waals surface area contributed by atoms with Gasteiger partial charge in [0.25, 0.3) is 0 Å². The first-order chi connectivity index (χ1) is 10.3. The number of hydrogen-bond donors (Lipinski definition) is 1. The van der Waals surface area contributed by atoms with Crippen LogP contribution in [-0.2, 0) is 22.6 Å². The van der Waals surface area contributed by atoms with Gasteiger partial charge in [0.05, 0.1) is 6.61 Å². The number of nitrogens with one attached hydrogen (secondary N) is 1. The number of fused-ring (bicyclic) bond motifs is 1. The average molecular weight is 288 g/mol. The van der Waals surface area contributed by atoms with E-state index in [1.54, 1.807) is 0 Å². The molecule has 0 aliphatic carbocycles. The number of hydrogen-bond acceptors (Lipinski definition) is 3. The van der Waals surface area contributed by atoms with E-state index in [9.17, 15) is 4.79 Å². The molecule has 0 fully saturated rings. The van der Waals surface area contributed by atoms with E-state index in [1.165, 1.54) is 16.5 Å². The van der Waals surface area contributed by atoms with Crippen molar-refractivity contribution in [2.75, 3.05) is 13.2 Å². The molecule has 0 saturated carbocycles. The molecule has 0 amide bonds. The number of nitrogens with zero attached hydrogens (tertiary/aromatic N) is 1. The van der Waals surface area contributed by atoms with Crippen molar-refractivity contribution >= 4 is 16.9 Å². The molecule has 0 aliphatic rings. The maximum Gasteiger partial charge on any atom is 0.305 e. The van der Waals surface area contributed by atoms with E-state index < -0.39 is 0 Å². The van der Waals surface area contributed by atoms with Crippen molar-refractivity contribution in [3.05, 3.63) is 36.0 Å². The molecule has 0 saturated heterocycles. The zero-order chi connectivity index (χ0) is 15.1. The van der Waals surface area contributed by atoms with Gasteiger partial charge < -0.3 is 14.6 Å². The second-order valence-electron chi connectivity index (χ2n) is 5.04. The molecule has 1 N–H and O–H groups in total. The molecule has 0 spiro atoms. The summed E-state index contributed by atoms with van der Waals surface area (Å²) in [6, 6.07) is 8.47. The Balaban J connectivity index is 1.85. The fourth-order valence-corrected chi connectivity index (χ4v) is 2.54. The van der Waals surface area contributed by atoms with Gasteiger partial charge in [-0.1, -0.05) is 18.2 Å². The van der Waals surface area contributed by atoms with Crippen LogP contribution in [0.5, 0.6) is 0 Å². The molecule has 4 heteroatoms. The first kappa shape index (κ1) is 15.6. The Labute approximate surface area is 126 Å². The van der Waals surface area contributed by atoms with Crippen LogP contribution in [0.15, 0.2) is 30.5 Å². The predicted molar refractivity (Wildman–Crippen MR) is 85.2 cm³/mol. The first-order valence-corrected chi connectivity index (χ1v) is 7.69. The lowest BCUT2D eigenvalue weighted by Crippen LogP contribution is -2.16. The third kappa shape index (κ3) is 4.08. The molecular formula is C17H24N2O2. The highest BCUT2D eigenvalue weighted by molar-refractivity contribution is 5.83. The van der Waals surface area contributed by atoms with Crippen LogP contribution in [0.25, 0.3) is 10.9 Å². The molecule has 2 rings (SSSR count). The first-order valence-electron chi connectivity index (χ1n) is 7.69. The fourth-order valence-electron chi connectivity index (χ4n) is 2.54. The monoisotopic (exact) mass is 288 g/mol. The number of aromatic nitrogens is 1. The van der Waals surface area contributed by atoms with Gasteiger partial charge in [0, 0.05) is 36.6 Å². The number of aryl methyl sites for hydroxylation is 1. The van der Waals surface area contributed by atoms with Gasteiger partial charge in [0.15, 0.2) is 0 Å². The summed E-state index contributed by atoms with van der Waals surface area (Å²) >= 11 is 0. The molecule has 0 unspecified atom stereocenters. The molecule has 114 valence electrons. The third-order valence-electron chi connectivity index (χ3n) is 3.57. The molecule has 0 bridgehead atoms. The zero-order valence-corrected chi connectivity index (χ0v) is 12.9. The topological polar surface area (TPSA) is 43.3 Å². The van der Waals surface area contributed by atoms with E-state index in [2.05, 4.69) is 47.3 Å². The number of ether oxygens (including phenoxy) is 1. The van der Waals surface area contributed by atoms with Gasteiger partial charge in [-0.05, 0) is 38.4 Å². The molecule has 0 atom stereocenters. The highest BCUT2D eigenvalue weighted by Crippen LogP contribution is 2.21. The minimum absolute atomic E-state index is 0.109. The Morgan fingerprint density at radius 1 is 1.29 bits per heavy atom. The van der Waals surface area contributed by atoms with E-state index in [-0.39, 0.29) is 5.97 Å². The summed E-state index contributed by atoms with van der Waals surface area (Å²) in [4.78, 5) is 11.2. The SMILES string of the molecule is CCOC(=O)CCCNCc1cn(CC)c2ccccc12. The summed E-state index contributed by atoms with van der Waals surface area (Å²) in [6.45, 7) is 7.08. The summed E-state index contributed by atoms with van der Waals surface area (Å²) in [5.41, 5.74) is 2.59. The standard InChI is InChI=1S/C17H24N2O2/c1-3-19-13-14(15-8-5-6-9-16(15)19)12-18-11-7-10-17(20)21-4-2/h5-6,8-9,13,18H,3-4,7,10-12H2,1-2H3. The van der Waals surface area contributed by atoms with Crippen LogP contribution in [0.2, 0.25) is 0 Å². The van der Waals surface area contributed by atoms with Gasteiger partial charge in [0.2, 0.25) is 0 Å². The van der Waals surface area contributed by atoms with Crippen LogP contribution in [0, 0.1) is 0 Å². The van der Waals surface area contributed by atoms with E-state index in [0.29, 0.717) is 13.0 Å². The van der Waals surface area contributed by atoms with Crippen LogP contribution in [0.1, 0.15) is 32.3 Å². The molecule has 0 radical (unpaired) electrons. The Kier molecular flexibility index (Phi) is 5.81. The quantitative estimate of drug-likeness (QED) is 0.599. The minimum Gasteiger partial charge on any atom is -0.466 e. The molecule has 21 heavy (non-hydrogen) atoms. The normalized spacial score (nSPS) is 11.0. The van der Waals surface area contributed by atoms with Crippen LogP contribution >= 0.6 is 0 Å². The van der Waals surface area contributed by atoms with Gasteiger partial charge in [-0.3, -0.25) is 4.79 Å². The minimum atomic E-state index is -0.109. The molecule has 2 aromatic rings.